The smallest absolute Gasteiger partial charge is 0.306 e. The molecule has 0 aromatic rings. The van der Waals surface area contributed by atoms with Crippen LogP contribution in [0, 0.1) is 5.92 Å². The molecule has 2 N–H and O–H groups in total. The first-order valence-corrected chi connectivity index (χ1v) is 4.09. The van der Waals surface area contributed by atoms with Gasteiger partial charge in [0.1, 0.15) is 6.17 Å². The molecule has 2 amide bonds. The average Bonchev–Trinajstić information content (AvgIpc) is 2.33. The molecule has 2 aliphatic heterocycles. The number of hydrogen-bond acceptors (Lipinski definition) is 2. The van der Waals surface area contributed by atoms with Crippen molar-refractivity contribution >= 4 is 6.03 Å². The zero-order valence-corrected chi connectivity index (χ0v) is 6.63. The number of rotatable bonds is 0. The van der Waals surface area contributed by atoms with Gasteiger partial charge in [-0.05, 0) is 18.8 Å². The fraction of sp³-hybridized carbons (Fsp3) is 0.857. The van der Waals surface area contributed by atoms with Crippen LogP contribution in [0.3, 0.4) is 0 Å². The Morgan fingerprint density at radius 3 is 3.18 bits per heavy atom. The average molecular weight is 155 g/mol. The largest absolute Gasteiger partial charge is 0.333 e. The molecule has 0 aromatic heterocycles. The standard InChI is InChI=1S/C7H13N3O/c1-5-2-3-6-8-9-7(11)10(6)4-5/h5-6,8H,2-4H2,1H3,(H,9,11). The van der Waals surface area contributed by atoms with E-state index in [0.717, 1.165) is 13.0 Å². The minimum atomic E-state index is 0.0292. The molecule has 2 unspecified atom stereocenters. The second kappa shape index (κ2) is 2.37. The lowest BCUT2D eigenvalue weighted by molar-refractivity contribution is 0.153. The molecule has 62 valence electrons. The van der Waals surface area contributed by atoms with Crippen molar-refractivity contribution in [3.05, 3.63) is 0 Å². The molecule has 0 aliphatic carbocycles. The molecule has 0 spiro atoms. The summed E-state index contributed by atoms with van der Waals surface area (Å²) in [5.74, 6) is 0.650. The van der Waals surface area contributed by atoms with Gasteiger partial charge in [0.2, 0.25) is 0 Å². The summed E-state index contributed by atoms with van der Waals surface area (Å²) in [6.45, 7) is 3.07. The van der Waals surface area contributed by atoms with Crippen LogP contribution >= 0.6 is 0 Å². The maximum absolute atomic E-state index is 11.1. The summed E-state index contributed by atoms with van der Waals surface area (Å²) in [7, 11) is 0. The Balaban J connectivity index is 2.07. The van der Waals surface area contributed by atoms with Crippen LogP contribution in [-0.2, 0) is 0 Å². The first-order chi connectivity index (χ1) is 5.27. The summed E-state index contributed by atoms with van der Waals surface area (Å²) in [5.41, 5.74) is 5.57. The fourth-order valence-corrected chi connectivity index (χ4v) is 1.74. The monoisotopic (exact) mass is 155 g/mol. The van der Waals surface area contributed by atoms with Gasteiger partial charge in [0, 0.05) is 6.54 Å². The van der Waals surface area contributed by atoms with Crippen LogP contribution in [0.4, 0.5) is 4.79 Å². The maximum atomic E-state index is 11.1. The van der Waals surface area contributed by atoms with Crippen molar-refractivity contribution in [1.29, 1.82) is 0 Å². The number of nitrogens with one attached hydrogen (secondary N) is 2. The molecule has 0 radical (unpaired) electrons. The fourth-order valence-electron chi connectivity index (χ4n) is 1.74. The van der Waals surface area contributed by atoms with Crippen molar-refractivity contribution in [2.75, 3.05) is 6.54 Å². The summed E-state index contributed by atoms with van der Waals surface area (Å²) < 4.78 is 0. The van der Waals surface area contributed by atoms with Crippen LogP contribution in [0.15, 0.2) is 0 Å². The van der Waals surface area contributed by atoms with Crippen LogP contribution in [0.25, 0.3) is 0 Å². The van der Waals surface area contributed by atoms with Gasteiger partial charge in [-0.25, -0.2) is 10.2 Å². The van der Waals surface area contributed by atoms with E-state index in [1.165, 1.54) is 6.42 Å². The van der Waals surface area contributed by atoms with Gasteiger partial charge in [-0.2, -0.15) is 0 Å². The number of hydrazine groups is 1. The van der Waals surface area contributed by atoms with Gasteiger partial charge < -0.3 is 4.90 Å². The quantitative estimate of drug-likeness (QED) is 0.527. The van der Waals surface area contributed by atoms with Gasteiger partial charge in [0.15, 0.2) is 0 Å². The third kappa shape index (κ3) is 1.07. The second-order valence-electron chi connectivity index (χ2n) is 3.43. The second-order valence-corrected chi connectivity index (χ2v) is 3.43. The highest BCUT2D eigenvalue weighted by Crippen LogP contribution is 2.21. The highest BCUT2D eigenvalue weighted by molar-refractivity contribution is 5.75. The minimum absolute atomic E-state index is 0.0292. The van der Waals surface area contributed by atoms with E-state index in [2.05, 4.69) is 17.8 Å². The van der Waals surface area contributed by atoms with E-state index < -0.39 is 0 Å². The zero-order valence-electron chi connectivity index (χ0n) is 6.63. The van der Waals surface area contributed by atoms with Gasteiger partial charge in [-0.3, -0.25) is 5.43 Å². The molecular formula is C7H13N3O. The number of hydrogen-bond donors (Lipinski definition) is 2. The number of urea groups is 1. The van der Waals surface area contributed by atoms with E-state index in [9.17, 15) is 4.79 Å². The van der Waals surface area contributed by atoms with Crippen LogP contribution in [0.2, 0.25) is 0 Å². The minimum Gasteiger partial charge on any atom is -0.306 e. The van der Waals surface area contributed by atoms with E-state index in [4.69, 9.17) is 0 Å². The van der Waals surface area contributed by atoms with E-state index >= 15 is 0 Å². The summed E-state index contributed by atoms with van der Waals surface area (Å²) in [6.07, 6.45) is 2.53. The number of carbonyl (C=O) groups is 1. The number of piperidine rings is 1. The number of fused-ring (bicyclic) bond motifs is 1. The van der Waals surface area contributed by atoms with Crippen molar-refractivity contribution < 1.29 is 4.79 Å². The highest BCUT2D eigenvalue weighted by atomic mass is 16.2. The van der Waals surface area contributed by atoms with E-state index in [-0.39, 0.29) is 12.2 Å². The third-order valence-electron chi connectivity index (χ3n) is 2.42. The van der Waals surface area contributed by atoms with Gasteiger partial charge in [0.05, 0.1) is 0 Å². The predicted molar refractivity (Wildman–Crippen MR) is 40.6 cm³/mol. The molecule has 2 rings (SSSR count). The lowest BCUT2D eigenvalue weighted by atomic mass is 9.99. The van der Waals surface area contributed by atoms with Crippen LogP contribution in [0.5, 0.6) is 0 Å². The van der Waals surface area contributed by atoms with Gasteiger partial charge >= 0.3 is 6.03 Å². The molecule has 0 aromatic carbocycles. The summed E-state index contributed by atoms with van der Waals surface area (Å²) in [6, 6.07) is 0.0292. The Kier molecular flexibility index (Phi) is 1.49. The predicted octanol–water partition coefficient (Wildman–Crippen LogP) is 0.272. The first kappa shape index (κ1) is 6.91. The van der Waals surface area contributed by atoms with Gasteiger partial charge in [0.25, 0.3) is 0 Å². The normalized spacial score (nSPS) is 36.8. The van der Waals surface area contributed by atoms with Crippen LogP contribution in [-0.4, -0.2) is 23.6 Å². The Labute approximate surface area is 65.9 Å². The van der Waals surface area contributed by atoms with E-state index in [1.54, 1.807) is 0 Å². The van der Waals surface area contributed by atoms with Crippen molar-refractivity contribution in [3.8, 4) is 0 Å². The molecule has 2 fully saturated rings. The molecule has 2 heterocycles. The highest BCUT2D eigenvalue weighted by Gasteiger charge is 2.34. The third-order valence-corrected chi connectivity index (χ3v) is 2.42. The molecule has 4 heteroatoms. The van der Waals surface area contributed by atoms with Crippen LogP contribution < -0.4 is 10.9 Å². The Bertz CT molecular complexity index is 183. The van der Waals surface area contributed by atoms with Crippen molar-refractivity contribution in [2.24, 2.45) is 5.92 Å². The number of amides is 2. The molecule has 0 bridgehead atoms. The Morgan fingerprint density at radius 1 is 1.55 bits per heavy atom. The lowest BCUT2D eigenvalue weighted by Gasteiger charge is -2.31. The molecule has 11 heavy (non-hydrogen) atoms. The van der Waals surface area contributed by atoms with Gasteiger partial charge in [-0.15, -0.1) is 0 Å². The van der Waals surface area contributed by atoms with Crippen molar-refractivity contribution in [2.45, 2.75) is 25.9 Å². The van der Waals surface area contributed by atoms with E-state index in [1.807, 2.05) is 4.90 Å². The molecule has 2 aliphatic rings. The van der Waals surface area contributed by atoms with Gasteiger partial charge in [-0.1, -0.05) is 6.92 Å². The molecule has 0 saturated carbocycles. The Morgan fingerprint density at radius 2 is 2.36 bits per heavy atom. The zero-order chi connectivity index (χ0) is 7.84. The van der Waals surface area contributed by atoms with Crippen molar-refractivity contribution in [3.63, 3.8) is 0 Å². The topological polar surface area (TPSA) is 44.4 Å². The Hall–Kier alpha value is -0.770. The number of nitrogens with zero attached hydrogens (tertiary/aromatic N) is 1. The SMILES string of the molecule is CC1CCC2NNC(=O)N2C1. The molecule has 4 nitrogen and oxygen atoms in total. The molecule has 2 saturated heterocycles. The summed E-state index contributed by atoms with van der Waals surface area (Å²) >= 11 is 0. The molecule has 2 atom stereocenters. The summed E-state index contributed by atoms with van der Waals surface area (Å²) in [4.78, 5) is 13.0. The number of carbonyl (C=O) groups excluding carboxylic acids is 1. The van der Waals surface area contributed by atoms with E-state index in [0.29, 0.717) is 5.92 Å². The maximum Gasteiger partial charge on any atom is 0.333 e. The lowest BCUT2D eigenvalue weighted by Crippen LogP contribution is -2.43. The van der Waals surface area contributed by atoms with Crippen LogP contribution in [0.1, 0.15) is 19.8 Å². The van der Waals surface area contributed by atoms with Crippen molar-refractivity contribution in [1.82, 2.24) is 15.8 Å². The molecular weight excluding hydrogens is 142 g/mol. The first-order valence-electron chi connectivity index (χ1n) is 4.09. The summed E-state index contributed by atoms with van der Waals surface area (Å²) in [5, 5.41) is 0.